The first-order valence-electron chi connectivity index (χ1n) is 19.7. The molecule has 268 valence electrons. The van der Waals surface area contributed by atoms with Gasteiger partial charge in [0.1, 0.15) is 0 Å². The standard InChI is InChI=1S/C54H38N2Si/c1-6-18-39(19-7-1)40-30-34-52-49(36-40)50-38-46(57(43-22-10-3-11-23-43,44-24-12-4-13-25-44)45-26-14-5-15-27-45)32-35-53(50)56(52)42-31-33-48-47-28-16-17-29-51(47)55(54(48)37-42)41-20-8-2-9-21-41/h1-38H. The maximum atomic E-state index is 2.53. The van der Waals surface area contributed by atoms with Crippen molar-refractivity contribution in [1.82, 2.24) is 9.13 Å². The number of nitrogens with zero attached hydrogens (tertiary/aromatic N) is 2. The summed E-state index contributed by atoms with van der Waals surface area (Å²) in [5.41, 5.74) is 9.50. The third kappa shape index (κ3) is 5.24. The number of hydrogen-bond donors (Lipinski definition) is 0. The molecule has 0 atom stereocenters. The summed E-state index contributed by atoms with van der Waals surface area (Å²) >= 11 is 0. The second-order valence-electron chi connectivity index (χ2n) is 14.9. The Balaban J connectivity index is 1.23. The van der Waals surface area contributed by atoms with Gasteiger partial charge in [-0.2, -0.15) is 0 Å². The van der Waals surface area contributed by atoms with Gasteiger partial charge in [-0.1, -0.05) is 182 Å². The van der Waals surface area contributed by atoms with Crippen LogP contribution in [0.1, 0.15) is 0 Å². The molecule has 0 aliphatic heterocycles. The highest BCUT2D eigenvalue weighted by Gasteiger charge is 2.41. The van der Waals surface area contributed by atoms with Crippen molar-refractivity contribution in [2.75, 3.05) is 0 Å². The van der Waals surface area contributed by atoms with Crippen LogP contribution in [0, 0.1) is 0 Å². The Morgan fingerprint density at radius 1 is 0.246 bits per heavy atom. The van der Waals surface area contributed by atoms with Crippen LogP contribution < -0.4 is 20.7 Å². The van der Waals surface area contributed by atoms with Gasteiger partial charge in [0.25, 0.3) is 0 Å². The van der Waals surface area contributed by atoms with E-state index in [9.17, 15) is 0 Å². The zero-order valence-electron chi connectivity index (χ0n) is 31.3. The average molecular weight is 743 g/mol. The Labute approximate surface area is 333 Å². The number of aromatic nitrogens is 2. The van der Waals surface area contributed by atoms with E-state index in [1.807, 2.05) is 0 Å². The molecule has 0 aliphatic rings. The molecule has 9 aromatic carbocycles. The first-order valence-corrected chi connectivity index (χ1v) is 21.7. The number of para-hydroxylation sites is 2. The summed E-state index contributed by atoms with van der Waals surface area (Å²) in [6, 6.07) is 85.3. The van der Waals surface area contributed by atoms with E-state index in [0.717, 1.165) is 11.4 Å². The van der Waals surface area contributed by atoms with E-state index in [4.69, 9.17) is 0 Å². The van der Waals surface area contributed by atoms with E-state index >= 15 is 0 Å². The lowest BCUT2D eigenvalue weighted by atomic mass is 10.0. The van der Waals surface area contributed by atoms with Crippen molar-refractivity contribution in [3.05, 3.63) is 231 Å². The lowest BCUT2D eigenvalue weighted by Gasteiger charge is -2.34. The molecule has 2 aromatic heterocycles. The molecule has 0 radical (unpaired) electrons. The summed E-state index contributed by atoms with van der Waals surface area (Å²) in [6.45, 7) is 0. The second-order valence-corrected chi connectivity index (χ2v) is 18.7. The van der Waals surface area contributed by atoms with E-state index < -0.39 is 8.07 Å². The SMILES string of the molecule is c1ccc(-c2ccc3c(c2)c2cc([Si](c4ccccc4)(c4ccccc4)c4ccccc4)ccc2n3-c2ccc3c4ccccc4n(-c4ccccc4)c3c2)cc1. The number of hydrogen-bond acceptors (Lipinski definition) is 0. The average Bonchev–Trinajstić information content (AvgIpc) is 3.80. The smallest absolute Gasteiger partial charge is 0.179 e. The van der Waals surface area contributed by atoms with E-state index in [-0.39, 0.29) is 0 Å². The van der Waals surface area contributed by atoms with Crippen LogP contribution in [-0.2, 0) is 0 Å². The Kier molecular flexibility index (Phi) is 7.87. The van der Waals surface area contributed by atoms with E-state index in [1.165, 1.54) is 75.5 Å². The van der Waals surface area contributed by atoms with Crippen molar-refractivity contribution in [1.29, 1.82) is 0 Å². The van der Waals surface area contributed by atoms with Crippen LogP contribution in [0.25, 0.3) is 66.1 Å². The fourth-order valence-corrected chi connectivity index (χ4v) is 14.1. The molecule has 0 aliphatic carbocycles. The second kappa shape index (κ2) is 13.5. The molecule has 0 amide bonds. The van der Waals surface area contributed by atoms with E-state index in [0.29, 0.717) is 0 Å². The van der Waals surface area contributed by atoms with Gasteiger partial charge in [0, 0.05) is 32.9 Å². The van der Waals surface area contributed by atoms with E-state index in [2.05, 4.69) is 240 Å². The van der Waals surface area contributed by atoms with Gasteiger partial charge in [-0.25, -0.2) is 0 Å². The molecule has 57 heavy (non-hydrogen) atoms. The Morgan fingerprint density at radius 2 is 0.719 bits per heavy atom. The first-order chi connectivity index (χ1) is 28.3. The molecule has 3 heteroatoms. The molecule has 11 aromatic rings. The third-order valence-corrected chi connectivity index (χ3v) is 16.6. The summed E-state index contributed by atoms with van der Waals surface area (Å²) in [5.74, 6) is 0. The molecule has 0 bridgehead atoms. The summed E-state index contributed by atoms with van der Waals surface area (Å²) < 4.78 is 4.89. The number of benzene rings is 9. The highest BCUT2D eigenvalue weighted by atomic mass is 28.3. The predicted molar refractivity (Wildman–Crippen MR) is 244 cm³/mol. The summed E-state index contributed by atoms with van der Waals surface area (Å²) in [4.78, 5) is 0. The minimum atomic E-state index is -2.76. The molecule has 0 saturated heterocycles. The minimum absolute atomic E-state index is 1.14. The molecule has 0 saturated carbocycles. The molecular weight excluding hydrogens is 705 g/mol. The molecule has 0 unspecified atom stereocenters. The molecule has 0 fully saturated rings. The van der Waals surface area contributed by atoms with Gasteiger partial charge in [0.15, 0.2) is 8.07 Å². The fraction of sp³-hybridized carbons (Fsp3) is 0. The Bertz CT molecular complexity index is 3110. The Hall–Kier alpha value is -7.20. The molecule has 11 rings (SSSR count). The van der Waals surface area contributed by atoms with Crippen LogP contribution in [0.5, 0.6) is 0 Å². The van der Waals surface area contributed by atoms with Gasteiger partial charge >= 0.3 is 0 Å². The van der Waals surface area contributed by atoms with Crippen LogP contribution in [-0.4, -0.2) is 17.2 Å². The van der Waals surface area contributed by atoms with E-state index in [1.54, 1.807) is 0 Å². The van der Waals surface area contributed by atoms with Crippen molar-refractivity contribution in [3.8, 4) is 22.5 Å². The number of fused-ring (bicyclic) bond motifs is 6. The largest absolute Gasteiger partial charge is 0.309 e. The van der Waals surface area contributed by atoms with Crippen LogP contribution >= 0.6 is 0 Å². The fourth-order valence-electron chi connectivity index (χ4n) is 9.36. The zero-order valence-corrected chi connectivity index (χ0v) is 32.3. The summed E-state index contributed by atoms with van der Waals surface area (Å²) in [5, 5.41) is 10.5. The molecular formula is C54H38N2Si. The maximum absolute atomic E-state index is 2.76. The molecule has 2 nitrogen and oxygen atoms in total. The molecule has 2 heterocycles. The normalized spacial score (nSPS) is 11.9. The predicted octanol–water partition coefficient (Wildman–Crippen LogP) is 10.9. The quantitative estimate of drug-likeness (QED) is 0.114. The topological polar surface area (TPSA) is 9.86 Å². The van der Waals surface area contributed by atoms with Gasteiger partial charge < -0.3 is 9.13 Å². The van der Waals surface area contributed by atoms with Gasteiger partial charge in [0.05, 0.1) is 22.1 Å². The van der Waals surface area contributed by atoms with Gasteiger partial charge in [0.2, 0.25) is 0 Å². The maximum Gasteiger partial charge on any atom is 0.179 e. The van der Waals surface area contributed by atoms with Crippen molar-refractivity contribution < 1.29 is 0 Å². The Morgan fingerprint density at radius 3 is 1.35 bits per heavy atom. The minimum Gasteiger partial charge on any atom is -0.309 e. The highest BCUT2D eigenvalue weighted by Crippen LogP contribution is 2.38. The lowest BCUT2D eigenvalue weighted by molar-refractivity contribution is 1.15. The highest BCUT2D eigenvalue weighted by molar-refractivity contribution is 7.20. The summed E-state index contributed by atoms with van der Waals surface area (Å²) in [6.07, 6.45) is 0. The van der Waals surface area contributed by atoms with Crippen molar-refractivity contribution in [3.63, 3.8) is 0 Å². The monoisotopic (exact) mass is 742 g/mol. The van der Waals surface area contributed by atoms with Crippen LogP contribution in [0.15, 0.2) is 231 Å². The third-order valence-electron chi connectivity index (χ3n) is 11.9. The summed E-state index contributed by atoms with van der Waals surface area (Å²) in [7, 11) is -2.76. The van der Waals surface area contributed by atoms with Crippen molar-refractivity contribution in [2.24, 2.45) is 0 Å². The van der Waals surface area contributed by atoms with Crippen molar-refractivity contribution in [2.45, 2.75) is 0 Å². The van der Waals surface area contributed by atoms with Gasteiger partial charge in [-0.15, -0.1) is 0 Å². The van der Waals surface area contributed by atoms with Gasteiger partial charge in [-0.05, 0) is 80.4 Å². The van der Waals surface area contributed by atoms with Gasteiger partial charge in [-0.3, -0.25) is 0 Å². The molecule has 0 spiro atoms. The lowest BCUT2D eigenvalue weighted by Crippen LogP contribution is -2.74. The number of rotatable bonds is 7. The first kappa shape index (κ1) is 33.2. The molecule has 0 N–H and O–H groups in total. The van der Waals surface area contributed by atoms with Crippen LogP contribution in [0.3, 0.4) is 0 Å². The van der Waals surface area contributed by atoms with Crippen LogP contribution in [0.4, 0.5) is 0 Å². The zero-order chi connectivity index (χ0) is 37.8. The van der Waals surface area contributed by atoms with Crippen LogP contribution in [0.2, 0.25) is 0 Å². The van der Waals surface area contributed by atoms with Crippen molar-refractivity contribution >= 4 is 72.4 Å².